The molecule has 68 valence electrons. The molecule has 2 unspecified atom stereocenters. The van der Waals surface area contributed by atoms with E-state index in [1.165, 1.54) is 6.92 Å². The van der Waals surface area contributed by atoms with Crippen LogP contribution < -0.4 is 0 Å². The molecule has 1 heterocycles. The van der Waals surface area contributed by atoms with Gasteiger partial charge in [-0.2, -0.15) is 0 Å². The number of ether oxygens (including phenoxy) is 2. The summed E-state index contributed by atoms with van der Waals surface area (Å²) in [5, 5.41) is 8.62. The monoisotopic (exact) mass is 174 g/mol. The van der Waals surface area contributed by atoms with Crippen LogP contribution in [0.5, 0.6) is 0 Å². The summed E-state index contributed by atoms with van der Waals surface area (Å²) in [7, 11) is 0. The Kier molecular flexibility index (Phi) is 2.65. The lowest BCUT2D eigenvalue weighted by molar-refractivity contribution is -0.159. The van der Waals surface area contributed by atoms with E-state index in [9.17, 15) is 9.59 Å². The summed E-state index contributed by atoms with van der Waals surface area (Å²) in [6.07, 6.45) is -1.11. The van der Waals surface area contributed by atoms with Crippen LogP contribution in [-0.2, 0) is 19.1 Å². The van der Waals surface area contributed by atoms with E-state index < -0.39 is 24.1 Å². The minimum Gasteiger partial charge on any atom is -0.457 e. The van der Waals surface area contributed by atoms with Crippen molar-refractivity contribution in [1.82, 2.24) is 0 Å². The lowest BCUT2D eigenvalue weighted by atomic mass is 10.2. The summed E-state index contributed by atoms with van der Waals surface area (Å²) in [5.41, 5.74) is 0. The third kappa shape index (κ3) is 1.94. The second-order valence-electron chi connectivity index (χ2n) is 2.58. The van der Waals surface area contributed by atoms with E-state index in [0.29, 0.717) is 0 Å². The van der Waals surface area contributed by atoms with Crippen molar-refractivity contribution in [2.24, 2.45) is 0 Å². The van der Waals surface area contributed by atoms with Gasteiger partial charge in [-0.05, 0) is 0 Å². The van der Waals surface area contributed by atoms with E-state index in [0.717, 1.165) is 0 Å². The first-order valence-electron chi connectivity index (χ1n) is 3.62. The molecule has 0 bridgehead atoms. The van der Waals surface area contributed by atoms with E-state index in [2.05, 4.69) is 9.47 Å². The van der Waals surface area contributed by atoms with Gasteiger partial charge in [0.05, 0.1) is 6.61 Å². The van der Waals surface area contributed by atoms with E-state index >= 15 is 0 Å². The van der Waals surface area contributed by atoms with Gasteiger partial charge in [-0.1, -0.05) is 0 Å². The number of hydrogen-bond acceptors (Lipinski definition) is 5. The third-order valence-corrected chi connectivity index (χ3v) is 1.53. The largest absolute Gasteiger partial charge is 0.457 e. The minimum atomic E-state index is -0.834. The maximum absolute atomic E-state index is 10.9. The van der Waals surface area contributed by atoms with Crippen LogP contribution in [0.2, 0.25) is 0 Å². The number of rotatable bonds is 2. The fourth-order valence-electron chi connectivity index (χ4n) is 1.03. The first-order valence-corrected chi connectivity index (χ1v) is 3.62. The molecule has 0 aromatic carbocycles. The normalized spacial score (nSPS) is 28.3. The fraction of sp³-hybridized carbons (Fsp3) is 0.714. The summed E-state index contributed by atoms with van der Waals surface area (Å²) >= 11 is 0. The highest BCUT2D eigenvalue weighted by atomic mass is 16.6. The Morgan fingerprint density at radius 3 is 2.92 bits per heavy atom. The van der Waals surface area contributed by atoms with Crippen molar-refractivity contribution in [3.8, 4) is 0 Å². The average Bonchev–Trinajstić information content (AvgIpc) is 2.31. The molecule has 5 nitrogen and oxygen atoms in total. The Morgan fingerprint density at radius 2 is 2.50 bits per heavy atom. The second kappa shape index (κ2) is 3.53. The number of aliphatic hydroxyl groups is 1. The topological polar surface area (TPSA) is 72.8 Å². The second-order valence-corrected chi connectivity index (χ2v) is 2.58. The predicted molar refractivity (Wildman–Crippen MR) is 37.1 cm³/mol. The van der Waals surface area contributed by atoms with Gasteiger partial charge in [-0.3, -0.25) is 4.79 Å². The van der Waals surface area contributed by atoms with Crippen LogP contribution in [0, 0.1) is 0 Å². The molecular weight excluding hydrogens is 164 g/mol. The van der Waals surface area contributed by atoms with Crippen LogP contribution in [0.1, 0.15) is 13.3 Å². The summed E-state index contributed by atoms with van der Waals surface area (Å²) in [5.74, 6) is -1.10. The van der Waals surface area contributed by atoms with Crippen LogP contribution >= 0.6 is 0 Å². The molecule has 0 aromatic heterocycles. The van der Waals surface area contributed by atoms with Crippen molar-refractivity contribution in [1.29, 1.82) is 0 Å². The van der Waals surface area contributed by atoms with Gasteiger partial charge in [-0.15, -0.1) is 0 Å². The molecule has 1 aliphatic heterocycles. The molecule has 1 N–H and O–H groups in total. The van der Waals surface area contributed by atoms with E-state index in [1.807, 2.05) is 0 Å². The SMILES string of the molecule is CC(=O)OC1CC(CO)OC1=O. The zero-order valence-corrected chi connectivity index (χ0v) is 6.65. The first kappa shape index (κ1) is 8.99. The molecule has 0 radical (unpaired) electrons. The molecule has 1 saturated heterocycles. The molecule has 1 aliphatic rings. The maximum atomic E-state index is 10.9. The van der Waals surface area contributed by atoms with Crippen LogP contribution in [0.3, 0.4) is 0 Å². The van der Waals surface area contributed by atoms with Gasteiger partial charge in [0.25, 0.3) is 0 Å². The van der Waals surface area contributed by atoms with Crippen molar-refractivity contribution < 1.29 is 24.2 Å². The maximum Gasteiger partial charge on any atom is 0.347 e. The molecule has 0 aromatic rings. The Balaban J connectivity index is 2.46. The zero-order chi connectivity index (χ0) is 9.14. The summed E-state index contributed by atoms with van der Waals surface area (Å²) in [4.78, 5) is 21.3. The van der Waals surface area contributed by atoms with Crippen molar-refractivity contribution >= 4 is 11.9 Å². The number of hydrogen-bond donors (Lipinski definition) is 1. The molecule has 0 aliphatic carbocycles. The Labute approximate surface area is 69.3 Å². The zero-order valence-electron chi connectivity index (χ0n) is 6.65. The van der Waals surface area contributed by atoms with Gasteiger partial charge in [0.2, 0.25) is 6.10 Å². The molecule has 0 saturated carbocycles. The minimum absolute atomic E-state index is 0.233. The first-order chi connectivity index (χ1) is 5.63. The van der Waals surface area contributed by atoms with Gasteiger partial charge in [0.15, 0.2) is 0 Å². The smallest absolute Gasteiger partial charge is 0.347 e. The number of cyclic esters (lactones) is 1. The molecule has 0 amide bonds. The highest BCUT2D eigenvalue weighted by Gasteiger charge is 2.36. The van der Waals surface area contributed by atoms with Crippen LogP contribution in [0.25, 0.3) is 0 Å². The lowest BCUT2D eigenvalue weighted by Crippen LogP contribution is -2.20. The van der Waals surface area contributed by atoms with Gasteiger partial charge in [0.1, 0.15) is 6.10 Å². The summed E-state index contributed by atoms with van der Waals surface area (Å²) in [6.45, 7) is 0.989. The van der Waals surface area contributed by atoms with Crippen LogP contribution in [-0.4, -0.2) is 35.9 Å². The summed E-state index contributed by atoms with van der Waals surface area (Å²) < 4.78 is 9.29. The standard InChI is InChI=1S/C7H10O5/c1-4(9)11-6-2-5(3-8)12-7(6)10/h5-6,8H,2-3H2,1H3. The Morgan fingerprint density at radius 1 is 1.83 bits per heavy atom. The molecule has 1 fully saturated rings. The highest BCUT2D eigenvalue weighted by molar-refractivity contribution is 5.80. The van der Waals surface area contributed by atoms with E-state index in [4.69, 9.17) is 5.11 Å². The van der Waals surface area contributed by atoms with Crippen molar-refractivity contribution in [2.75, 3.05) is 6.61 Å². The number of aliphatic hydroxyl groups excluding tert-OH is 1. The predicted octanol–water partition coefficient (Wildman–Crippen LogP) is -0.774. The number of esters is 2. The van der Waals surface area contributed by atoms with Crippen molar-refractivity contribution in [3.63, 3.8) is 0 Å². The number of carbonyl (C=O) groups is 2. The molecule has 12 heavy (non-hydrogen) atoms. The van der Waals surface area contributed by atoms with Gasteiger partial charge < -0.3 is 14.6 Å². The van der Waals surface area contributed by atoms with Crippen molar-refractivity contribution in [2.45, 2.75) is 25.6 Å². The molecule has 0 spiro atoms. The van der Waals surface area contributed by atoms with Gasteiger partial charge in [-0.25, -0.2) is 4.79 Å². The number of carbonyl (C=O) groups excluding carboxylic acids is 2. The Bertz CT molecular complexity index is 200. The van der Waals surface area contributed by atoms with E-state index in [1.54, 1.807) is 0 Å². The van der Waals surface area contributed by atoms with Crippen LogP contribution in [0.15, 0.2) is 0 Å². The third-order valence-electron chi connectivity index (χ3n) is 1.53. The summed E-state index contributed by atoms with van der Waals surface area (Å²) in [6, 6.07) is 0. The van der Waals surface area contributed by atoms with E-state index in [-0.39, 0.29) is 13.0 Å². The molecule has 2 atom stereocenters. The quantitative estimate of drug-likeness (QED) is 0.556. The lowest BCUT2D eigenvalue weighted by Gasteiger charge is -2.04. The van der Waals surface area contributed by atoms with Gasteiger partial charge in [0, 0.05) is 13.3 Å². The average molecular weight is 174 g/mol. The Hall–Kier alpha value is -1.10. The molecular formula is C7H10O5. The highest BCUT2D eigenvalue weighted by Crippen LogP contribution is 2.17. The molecule has 1 rings (SSSR count). The fourth-order valence-corrected chi connectivity index (χ4v) is 1.03. The van der Waals surface area contributed by atoms with Crippen molar-refractivity contribution in [3.05, 3.63) is 0 Å². The van der Waals surface area contributed by atoms with Crippen LogP contribution in [0.4, 0.5) is 0 Å². The molecule has 5 heteroatoms. The van der Waals surface area contributed by atoms with Gasteiger partial charge >= 0.3 is 11.9 Å².